The summed E-state index contributed by atoms with van der Waals surface area (Å²) in [5.74, 6) is -7.92. The van der Waals surface area contributed by atoms with E-state index < -0.39 is 64.6 Å². The normalized spacial score (nSPS) is 22.2. The minimum absolute atomic E-state index is 0.0620. The Morgan fingerprint density at radius 1 is 1.12 bits per heavy atom. The topological polar surface area (TPSA) is 137 Å². The van der Waals surface area contributed by atoms with Crippen LogP contribution in [0.1, 0.15) is 37.3 Å². The van der Waals surface area contributed by atoms with E-state index in [2.05, 4.69) is 11.4 Å². The van der Waals surface area contributed by atoms with Gasteiger partial charge in [-0.05, 0) is 44.0 Å². The third kappa shape index (κ3) is 6.89. The summed E-state index contributed by atoms with van der Waals surface area (Å²) in [6.45, 7) is 3.12. The highest BCUT2D eigenvalue weighted by atomic mass is 35.5. The molecular formula is C26H23Cl2F5N2O6. The van der Waals surface area contributed by atoms with Crippen LogP contribution in [0.4, 0.5) is 22.0 Å². The molecule has 0 aromatic heterocycles. The third-order valence-corrected chi connectivity index (χ3v) is 7.12. The fraction of sp³-hybridized carbons (Fsp3) is 0.385. The number of carboxylic acids is 2. The molecule has 41 heavy (non-hydrogen) atoms. The van der Waals surface area contributed by atoms with E-state index in [1.165, 1.54) is 37.4 Å². The molecule has 0 saturated carbocycles. The molecule has 0 radical (unpaired) electrons. The standard InChI is InChI=1S/C24H22Cl2F2N2O4.C2HF3O2/c1-23(2,22(33)34-3)10-17-24(11-29,14-8-7-12(25)9-16(14)27)18(20(30-17)21(31)32)13-5-4-6-15(26)19(13)28;3-2(4,5)1(6)7/h4-9,17-18,20,30H,10H2,1-3H3,(H,31,32);(H,6,7)/t17-,18-,20+,24-;/m0./s1. The molecule has 0 spiro atoms. The van der Waals surface area contributed by atoms with E-state index in [-0.39, 0.29) is 27.6 Å². The Labute approximate surface area is 240 Å². The molecular weight excluding hydrogens is 602 g/mol. The number of nitrogens with zero attached hydrogens (tertiary/aromatic N) is 1. The van der Waals surface area contributed by atoms with Crippen molar-refractivity contribution in [1.29, 1.82) is 5.26 Å². The van der Waals surface area contributed by atoms with E-state index in [4.69, 9.17) is 37.8 Å². The molecule has 1 heterocycles. The fourth-order valence-electron chi connectivity index (χ4n) is 4.80. The van der Waals surface area contributed by atoms with Gasteiger partial charge in [-0.15, -0.1) is 0 Å². The summed E-state index contributed by atoms with van der Waals surface area (Å²) in [4.78, 5) is 33.6. The summed E-state index contributed by atoms with van der Waals surface area (Å²) in [5, 5.41) is 30.4. The van der Waals surface area contributed by atoms with Gasteiger partial charge in [0.15, 0.2) is 0 Å². The Hall–Kier alpha value is -3.47. The van der Waals surface area contributed by atoms with E-state index in [9.17, 15) is 33.1 Å². The number of carbonyl (C=O) groups is 3. The quantitative estimate of drug-likeness (QED) is 0.284. The first-order chi connectivity index (χ1) is 18.8. The fourth-order valence-corrected chi connectivity index (χ4v) is 5.14. The maximum atomic E-state index is 15.3. The summed E-state index contributed by atoms with van der Waals surface area (Å²) in [5.41, 5.74) is -3.48. The maximum Gasteiger partial charge on any atom is 0.490 e. The van der Waals surface area contributed by atoms with Crippen molar-refractivity contribution in [1.82, 2.24) is 5.32 Å². The number of carboxylic acid groups (broad SMARTS) is 2. The van der Waals surface area contributed by atoms with Crippen molar-refractivity contribution in [2.75, 3.05) is 7.11 Å². The predicted octanol–water partition coefficient (Wildman–Crippen LogP) is 5.46. The van der Waals surface area contributed by atoms with Gasteiger partial charge in [0.1, 0.15) is 23.1 Å². The third-order valence-electron chi connectivity index (χ3n) is 6.59. The van der Waals surface area contributed by atoms with Crippen LogP contribution in [0, 0.1) is 28.4 Å². The minimum atomic E-state index is -5.08. The Morgan fingerprint density at radius 3 is 2.17 bits per heavy atom. The number of benzene rings is 2. The number of rotatable bonds is 6. The Balaban J connectivity index is 0.000000745. The van der Waals surface area contributed by atoms with Gasteiger partial charge in [-0.2, -0.15) is 18.4 Å². The van der Waals surface area contributed by atoms with Crippen molar-refractivity contribution in [3.8, 4) is 6.07 Å². The molecule has 0 amide bonds. The summed E-state index contributed by atoms with van der Waals surface area (Å²) in [6.07, 6.45) is -5.20. The SMILES string of the molecule is COC(=O)C(C)(C)C[C@@H]1N[C@@H](C(=O)O)[C@H](c2cccc(Cl)c2F)[C@@]1(C#N)c1ccc(Cl)cc1F.O=C(O)C(F)(F)F. The number of hydrogen-bond acceptors (Lipinski definition) is 6. The number of ether oxygens (including phenoxy) is 1. The summed E-state index contributed by atoms with van der Waals surface area (Å²) >= 11 is 11.9. The van der Waals surface area contributed by atoms with Crippen LogP contribution in [0.15, 0.2) is 36.4 Å². The van der Waals surface area contributed by atoms with Gasteiger partial charge < -0.3 is 14.9 Å². The minimum Gasteiger partial charge on any atom is -0.480 e. The van der Waals surface area contributed by atoms with Crippen molar-refractivity contribution in [2.24, 2.45) is 5.41 Å². The molecule has 3 rings (SSSR count). The molecule has 0 aliphatic carbocycles. The highest BCUT2D eigenvalue weighted by Gasteiger charge is 2.62. The van der Waals surface area contributed by atoms with Gasteiger partial charge in [0.25, 0.3) is 0 Å². The van der Waals surface area contributed by atoms with Crippen LogP contribution in [0.2, 0.25) is 10.0 Å². The second-order valence-electron chi connectivity index (χ2n) is 9.64. The molecule has 0 bridgehead atoms. The van der Waals surface area contributed by atoms with Crippen LogP contribution in [-0.2, 0) is 24.5 Å². The largest absolute Gasteiger partial charge is 0.490 e. The molecule has 2 aromatic rings. The van der Waals surface area contributed by atoms with E-state index in [1.807, 2.05) is 0 Å². The molecule has 3 N–H and O–H groups in total. The monoisotopic (exact) mass is 624 g/mol. The lowest BCUT2D eigenvalue weighted by Gasteiger charge is -2.37. The lowest BCUT2D eigenvalue weighted by atomic mass is 9.62. The number of esters is 1. The smallest absolute Gasteiger partial charge is 0.480 e. The van der Waals surface area contributed by atoms with Crippen LogP contribution in [0.5, 0.6) is 0 Å². The van der Waals surface area contributed by atoms with Crippen molar-refractivity contribution in [2.45, 2.75) is 49.9 Å². The van der Waals surface area contributed by atoms with Gasteiger partial charge in [-0.3, -0.25) is 14.9 Å². The van der Waals surface area contributed by atoms with E-state index in [1.54, 1.807) is 13.8 Å². The number of methoxy groups -OCH3 is 1. The summed E-state index contributed by atoms with van der Waals surface area (Å²) in [7, 11) is 1.20. The van der Waals surface area contributed by atoms with Crippen molar-refractivity contribution in [3.05, 3.63) is 69.2 Å². The van der Waals surface area contributed by atoms with Crippen LogP contribution in [0.25, 0.3) is 0 Å². The van der Waals surface area contributed by atoms with E-state index in [0.29, 0.717) is 0 Å². The second kappa shape index (κ2) is 12.6. The average molecular weight is 625 g/mol. The first kappa shape index (κ1) is 33.7. The lowest BCUT2D eigenvalue weighted by molar-refractivity contribution is -0.192. The molecule has 0 unspecified atom stereocenters. The van der Waals surface area contributed by atoms with Gasteiger partial charge in [0.05, 0.1) is 23.6 Å². The van der Waals surface area contributed by atoms with Crippen molar-refractivity contribution in [3.63, 3.8) is 0 Å². The zero-order valence-corrected chi connectivity index (χ0v) is 23.0. The van der Waals surface area contributed by atoms with Gasteiger partial charge >= 0.3 is 24.1 Å². The van der Waals surface area contributed by atoms with Gasteiger partial charge in [-0.25, -0.2) is 13.6 Å². The lowest BCUT2D eigenvalue weighted by Crippen LogP contribution is -2.46. The number of nitriles is 1. The highest BCUT2D eigenvalue weighted by Crippen LogP contribution is 2.52. The molecule has 2 aromatic carbocycles. The molecule has 1 aliphatic heterocycles. The van der Waals surface area contributed by atoms with Crippen LogP contribution in [0.3, 0.4) is 0 Å². The van der Waals surface area contributed by atoms with Gasteiger partial charge in [0, 0.05) is 22.5 Å². The van der Waals surface area contributed by atoms with E-state index in [0.717, 1.165) is 6.07 Å². The molecule has 1 fully saturated rings. The summed E-state index contributed by atoms with van der Waals surface area (Å²) < 4.78 is 67.2. The Morgan fingerprint density at radius 2 is 1.71 bits per heavy atom. The molecule has 15 heteroatoms. The summed E-state index contributed by atoms with van der Waals surface area (Å²) in [6, 6.07) is 7.17. The average Bonchev–Trinajstić information content (AvgIpc) is 3.19. The number of hydrogen-bond donors (Lipinski definition) is 3. The number of aliphatic carboxylic acids is 2. The highest BCUT2D eigenvalue weighted by molar-refractivity contribution is 6.31. The zero-order valence-electron chi connectivity index (χ0n) is 21.5. The van der Waals surface area contributed by atoms with Crippen LogP contribution < -0.4 is 5.32 Å². The first-order valence-electron chi connectivity index (χ1n) is 11.5. The number of alkyl halides is 3. The molecule has 222 valence electrons. The van der Waals surface area contributed by atoms with Crippen LogP contribution in [-0.4, -0.2) is 53.5 Å². The first-order valence-corrected chi connectivity index (χ1v) is 12.3. The van der Waals surface area contributed by atoms with Gasteiger partial charge in [0.2, 0.25) is 0 Å². The van der Waals surface area contributed by atoms with Gasteiger partial charge in [-0.1, -0.05) is 41.4 Å². The number of carbonyl (C=O) groups excluding carboxylic acids is 1. The molecule has 4 atom stereocenters. The number of halogens is 7. The Bertz CT molecular complexity index is 1380. The molecule has 1 aliphatic rings. The molecule has 8 nitrogen and oxygen atoms in total. The van der Waals surface area contributed by atoms with Crippen molar-refractivity contribution < 1.29 is 51.3 Å². The predicted molar refractivity (Wildman–Crippen MR) is 135 cm³/mol. The second-order valence-corrected chi connectivity index (χ2v) is 10.5. The van der Waals surface area contributed by atoms with Crippen molar-refractivity contribution >= 4 is 41.1 Å². The van der Waals surface area contributed by atoms with Crippen LogP contribution >= 0.6 is 23.2 Å². The molecule has 1 saturated heterocycles. The number of nitrogens with one attached hydrogen (secondary N) is 1. The maximum absolute atomic E-state index is 15.3. The van der Waals surface area contributed by atoms with E-state index >= 15 is 8.78 Å². The Kier molecular flexibility index (Phi) is 10.4. The zero-order chi connectivity index (χ0) is 31.5.